The molecule has 2 aromatic carbocycles. The minimum atomic E-state index is -3.57. The number of carbonyl (C=O) groups excluding carboxylic acids is 1. The van der Waals surface area contributed by atoms with Crippen molar-refractivity contribution in [3.8, 4) is 5.75 Å². The minimum Gasteiger partial charge on any atom is -0.495 e. The van der Waals surface area contributed by atoms with Crippen LogP contribution in [0.2, 0.25) is 5.02 Å². The average molecular weight is 438 g/mol. The SMILES string of the molecule is COc1ccccc1NC(=O)N1CCC(CNS(=O)(=O)c2ccc(Cl)cc2)CC1. The molecule has 1 fully saturated rings. The maximum Gasteiger partial charge on any atom is 0.321 e. The van der Waals surface area contributed by atoms with Crippen LogP contribution in [0.5, 0.6) is 5.75 Å². The lowest BCUT2D eigenvalue weighted by molar-refractivity contribution is 0.183. The number of nitrogens with one attached hydrogen (secondary N) is 2. The summed E-state index contributed by atoms with van der Waals surface area (Å²) in [6.45, 7) is 1.47. The van der Waals surface area contributed by atoms with Gasteiger partial charge in [-0.15, -0.1) is 0 Å². The van der Waals surface area contributed by atoms with E-state index in [9.17, 15) is 13.2 Å². The number of nitrogens with zero attached hydrogens (tertiary/aromatic N) is 1. The van der Waals surface area contributed by atoms with Gasteiger partial charge < -0.3 is 15.0 Å². The Hall–Kier alpha value is -2.29. The molecule has 156 valence electrons. The van der Waals surface area contributed by atoms with E-state index < -0.39 is 10.0 Å². The van der Waals surface area contributed by atoms with Crippen molar-refractivity contribution >= 4 is 33.3 Å². The Morgan fingerprint density at radius 2 is 1.79 bits per heavy atom. The van der Waals surface area contributed by atoms with Crippen LogP contribution in [0.3, 0.4) is 0 Å². The lowest BCUT2D eigenvalue weighted by Crippen LogP contribution is -2.43. The van der Waals surface area contributed by atoms with Gasteiger partial charge in [0.2, 0.25) is 10.0 Å². The number of halogens is 1. The Bertz CT molecular complexity index is 942. The van der Waals surface area contributed by atoms with Crippen LogP contribution in [0.1, 0.15) is 12.8 Å². The summed E-state index contributed by atoms with van der Waals surface area (Å²) < 4.78 is 32.7. The number of urea groups is 1. The Morgan fingerprint density at radius 1 is 1.14 bits per heavy atom. The van der Waals surface area contributed by atoms with Gasteiger partial charge in [0.15, 0.2) is 0 Å². The zero-order valence-electron chi connectivity index (χ0n) is 16.1. The maximum atomic E-state index is 12.5. The standard InChI is InChI=1S/C20H24ClN3O4S/c1-28-19-5-3-2-4-18(19)23-20(25)24-12-10-15(11-13-24)14-22-29(26,27)17-8-6-16(21)7-9-17/h2-9,15,22H,10-14H2,1H3,(H,23,25). The first-order valence-electron chi connectivity index (χ1n) is 9.33. The Kier molecular flexibility index (Phi) is 7.00. The Labute approximate surface area is 176 Å². The lowest BCUT2D eigenvalue weighted by atomic mass is 9.97. The summed E-state index contributed by atoms with van der Waals surface area (Å²) in [5.74, 6) is 0.778. The molecule has 0 unspecified atom stereocenters. The zero-order valence-corrected chi connectivity index (χ0v) is 17.7. The number of carbonyl (C=O) groups is 1. The van der Waals surface area contributed by atoms with E-state index in [1.807, 2.05) is 12.1 Å². The molecule has 0 bridgehead atoms. The summed E-state index contributed by atoms with van der Waals surface area (Å²) in [4.78, 5) is 14.4. The monoisotopic (exact) mass is 437 g/mol. The van der Waals surface area contributed by atoms with Crippen LogP contribution >= 0.6 is 11.6 Å². The number of anilines is 1. The second-order valence-electron chi connectivity index (χ2n) is 6.87. The summed E-state index contributed by atoms with van der Waals surface area (Å²) in [7, 11) is -2.01. The van der Waals surface area contributed by atoms with Gasteiger partial charge in [-0.25, -0.2) is 17.9 Å². The highest BCUT2D eigenvalue weighted by Gasteiger charge is 2.25. The molecule has 0 aromatic heterocycles. The van der Waals surface area contributed by atoms with Gasteiger partial charge >= 0.3 is 6.03 Å². The number of methoxy groups -OCH3 is 1. The predicted octanol–water partition coefficient (Wildman–Crippen LogP) is 3.57. The van der Waals surface area contributed by atoms with Crippen LogP contribution in [-0.4, -0.2) is 46.1 Å². The van der Waals surface area contributed by atoms with Gasteiger partial charge in [0.05, 0.1) is 17.7 Å². The van der Waals surface area contributed by atoms with Gasteiger partial charge in [0, 0.05) is 24.7 Å². The molecule has 2 amide bonds. The molecule has 1 aliphatic rings. The molecule has 29 heavy (non-hydrogen) atoms. The van der Waals surface area contributed by atoms with E-state index >= 15 is 0 Å². The number of piperidine rings is 1. The third-order valence-corrected chi connectivity index (χ3v) is 6.63. The second-order valence-corrected chi connectivity index (χ2v) is 9.07. The number of sulfonamides is 1. The maximum absolute atomic E-state index is 12.5. The highest BCUT2D eigenvalue weighted by Crippen LogP contribution is 2.24. The third-order valence-electron chi connectivity index (χ3n) is 4.94. The third kappa shape index (κ3) is 5.62. The molecule has 1 saturated heterocycles. The van der Waals surface area contributed by atoms with Crippen molar-refractivity contribution in [3.05, 3.63) is 53.6 Å². The van der Waals surface area contributed by atoms with Gasteiger partial charge in [-0.3, -0.25) is 0 Å². The van der Waals surface area contributed by atoms with Crippen LogP contribution in [0.25, 0.3) is 0 Å². The van der Waals surface area contributed by atoms with E-state index in [1.165, 1.54) is 12.1 Å². The molecule has 2 aromatic rings. The van der Waals surface area contributed by atoms with E-state index in [1.54, 1.807) is 36.3 Å². The van der Waals surface area contributed by atoms with E-state index in [-0.39, 0.29) is 16.8 Å². The molecular formula is C20H24ClN3O4S. The summed E-state index contributed by atoms with van der Waals surface area (Å²) in [6, 6.07) is 13.1. The van der Waals surface area contributed by atoms with Crippen molar-refractivity contribution in [2.24, 2.45) is 5.92 Å². The summed E-state index contributed by atoms with van der Waals surface area (Å²) >= 11 is 5.81. The first kappa shape index (κ1) is 21.4. The Balaban J connectivity index is 1.49. The van der Waals surface area contributed by atoms with E-state index in [4.69, 9.17) is 16.3 Å². The smallest absolute Gasteiger partial charge is 0.321 e. The first-order valence-corrected chi connectivity index (χ1v) is 11.2. The fourth-order valence-electron chi connectivity index (χ4n) is 3.21. The molecule has 0 saturated carbocycles. The number of rotatable bonds is 6. The van der Waals surface area contributed by atoms with Crippen molar-refractivity contribution in [1.82, 2.24) is 9.62 Å². The van der Waals surface area contributed by atoms with Crippen LogP contribution in [0, 0.1) is 5.92 Å². The largest absolute Gasteiger partial charge is 0.495 e. The molecule has 0 radical (unpaired) electrons. The molecule has 9 heteroatoms. The molecule has 2 N–H and O–H groups in total. The number of likely N-dealkylation sites (tertiary alicyclic amines) is 1. The molecule has 0 aliphatic carbocycles. The van der Waals surface area contributed by atoms with Crippen molar-refractivity contribution in [2.45, 2.75) is 17.7 Å². The zero-order chi connectivity index (χ0) is 20.9. The highest BCUT2D eigenvalue weighted by molar-refractivity contribution is 7.89. The van der Waals surface area contributed by atoms with E-state index in [0.717, 1.165) is 12.8 Å². The average Bonchev–Trinajstić information content (AvgIpc) is 2.73. The van der Waals surface area contributed by atoms with Crippen molar-refractivity contribution in [2.75, 3.05) is 32.1 Å². The van der Waals surface area contributed by atoms with Crippen molar-refractivity contribution < 1.29 is 17.9 Å². The first-order chi connectivity index (χ1) is 13.9. The number of para-hydroxylation sites is 2. The highest BCUT2D eigenvalue weighted by atomic mass is 35.5. The van der Waals surface area contributed by atoms with Crippen LogP contribution < -0.4 is 14.8 Å². The molecule has 1 heterocycles. The predicted molar refractivity (Wildman–Crippen MR) is 113 cm³/mol. The van der Waals surface area contributed by atoms with E-state index in [2.05, 4.69) is 10.0 Å². The minimum absolute atomic E-state index is 0.174. The summed E-state index contributed by atoms with van der Waals surface area (Å²) in [5.41, 5.74) is 0.623. The fourth-order valence-corrected chi connectivity index (χ4v) is 4.45. The normalized spacial score (nSPS) is 15.2. The number of hydrogen-bond donors (Lipinski definition) is 2. The number of amides is 2. The quantitative estimate of drug-likeness (QED) is 0.723. The topological polar surface area (TPSA) is 87.7 Å². The molecule has 0 spiro atoms. The number of hydrogen-bond acceptors (Lipinski definition) is 4. The Morgan fingerprint density at radius 3 is 2.45 bits per heavy atom. The van der Waals surface area contributed by atoms with Gasteiger partial charge in [0.1, 0.15) is 5.75 Å². The summed E-state index contributed by atoms with van der Waals surface area (Å²) in [5, 5.41) is 3.36. The van der Waals surface area contributed by atoms with Crippen LogP contribution in [0.15, 0.2) is 53.4 Å². The number of ether oxygens (including phenoxy) is 1. The van der Waals surface area contributed by atoms with Crippen molar-refractivity contribution in [3.63, 3.8) is 0 Å². The van der Waals surface area contributed by atoms with Gasteiger partial charge in [-0.05, 0) is 55.2 Å². The summed E-state index contributed by atoms with van der Waals surface area (Å²) in [6.07, 6.45) is 1.45. The molecule has 7 nitrogen and oxygen atoms in total. The molecule has 3 rings (SSSR count). The lowest BCUT2D eigenvalue weighted by Gasteiger charge is -2.32. The molecular weight excluding hydrogens is 414 g/mol. The van der Waals surface area contributed by atoms with E-state index in [0.29, 0.717) is 36.1 Å². The molecule has 1 aliphatic heterocycles. The van der Waals surface area contributed by atoms with Gasteiger partial charge in [0.25, 0.3) is 0 Å². The molecule has 0 atom stereocenters. The van der Waals surface area contributed by atoms with Crippen molar-refractivity contribution in [1.29, 1.82) is 0 Å². The van der Waals surface area contributed by atoms with Crippen LogP contribution in [0.4, 0.5) is 10.5 Å². The van der Waals surface area contributed by atoms with Crippen LogP contribution in [-0.2, 0) is 10.0 Å². The fraction of sp³-hybridized carbons (Fsp3) is 0.350. The number of benzene rings is 2. The van der Waals surface area contributed by atoms with Gasteiger partial charge in [-0.2, -0.15) is 0 Å². The second kappa shape index (κ2) is 9.47. The van der Waals surface area contributed by atoms with Gasteiger partial charge in [-0.1, -0.05) is 23.7 Å².